The highest BCUT2D eigenvalue weighted by Gasteiger charge is 2.15. The summed E-state index contributed by atoms with van der Waals surface area (Å²) in [5, 5.41) is 0. The molecule has 0 heterocycles. The lowest BCUT2D eigenvalue weighted by molar-refractivity contribution is -0.131. The first-order valence-electron chi connectivity index (χ1n) is 6.06. The number of carbonyl (C=O) groups is 1. The first kappa shape index (κ1) is 13.7. The number of hydrogen-bond donors (Lipinski definition) is 1. The summed E-state index contributed by atoms with van der Waals surface area (Å²) < 4.78 is 0. The lowest BCUT2D eigenvalue weighted by Gasteiger charge is -2.24. The number of amides is 1. The largest absolute Gasteiger partial charge is 0.343 e. The number of carbonyl (C=O) groups excluding carboxylic acids is 1. The Kier molecular flexibility index (Phi) is 5.16. The Morgan fingerprint density at radius 1 is 1.47 bits per heavy atom. The fourth-order valence-electron chi connectivity index (χ4n) is 1.80. The number of hydrogen-bond acceptors (Lipinski definition) is 2. The molecule has 3 heteroatoms. The van der Waals surface area contributed by atoms with Crippen molar-refractivity contribution in [2.45, 2.75) is 32.7 Å². The molecule has 1 aromatic rings. The van der Waals surface area contributed by atoms with Gasteiger partial charge >= 0.3 is 0 Å². The van der Waals surface area contributed by atoms with E-state index in [2.05, 4.69) is 6.07 Å². The maximum absolute atomic E-state index is 12.0. The van der Waals surface area contributed by atoms with Crippen molar-refractivity contribution in [2.24, 2.45) is 5.73 Å². The molecule has 94 valence electrons. The highest BCUT2D eigenvalue weighted by Crippen LogP contribution is 2.08. The van der Waals surface area contributed by atoms with E-state index in [-0.39, 0.29) is 11.9 Å². The summed E-state index contributed by atoms with van der Waals surface area (Å²) in [7, 11) is 1.85. The second kappa shape index (κ2) is 6.40. The summed E-state index contributed by atoms with van der Waals surface area (Å²) >= 11 is 0. The fourth-order valence-corrected chi connectivity index (χ4v) is 1.80. The highest BCUT2D eigenvalue weighted by atomic mass is 16.2. The van der Waals surface area contributed by atoms with E-state index >= 15 is 0 Å². The molecule has 0 aliphatic heterocycles. The van der Waals surface area contributed by atoms with Gasteiger partial charge in [0.1, 0.15) is 0 Å². The third kappa shape index (κ3) is 4.19. The zero-order valence-corrected chi connectivity index (χ0v) is 10.9. The van der Waals surface area contributed by atoms with Gasteiger partial charge in [-0.2, -0.15) is 0 Å². The molecule has 0 fully saturated rings. The topological polar surface area (TPSA) is 46.3 Å². The van der Waals surface area contributed by atoms with Crippen LogP contribution in [0, 0.1) is 6.92 Å². The van der Waals surface area contributed by atoms with Crippen LogP contribution in [0.4, 0.5) is 0 Å². The van der Waals surface area contributed by atoms with Gasteiger partial charge in [0.05, 0.1) is 6.42 Å². The second-order valence-corrected chi connectivity index (χ2v) is 4.60. The third-order valence-corrected chi connectivity index (χ3v) is 3.08. The number of likely N-dealkylation sites (N-methyl/N-ethyl adjacent to an activating group) is 1. The SMILES string of the molecule is Cc1cccc(CC(=O)N(C)C(C)CCN)c1. The van der Waals surface area contributed by atoms with Crippen LogP contribution in [0.2, 0.25) is 0 Å². The monoisotopic (exact) mass is 234 g/mol. The van der Waals surface area contributed by atoms with Gasteiger partial charge in [0.15, 0.2) is 0 Å². The molecule has 3 nitrogen and oxygen atoms in total. The molecular weight excluding hydrogens is 212 g/mol. The molecule has 0 aliphatic rings. The van der Waals surface area contributed by atoms with E-state index < -0.39 is 0 Å². The van der Waals surface area contributed by atoms with Crippen LogP contribution in [0.1, 0.15) is 24.5 Å². The van der Waals surface area contributed by atoms with Gasteiger partial charge in [-0.25, -0.2) is 0 Å². The van der Waals surface area contributed by atoms with Crippen LogP contribution in [0.3, 0.4) is 0 Å². The van der Waals surface area contributed by atoms with Crippen LogP contribution in [0.5, 0.6) is 0 Å². The Balaban J connectivity index is 2.60. The van der Waals surface area contributed by atoms with Gasteiger partial charge in [-0.1, -0.05) is 29.8 Å². The lowest BCUT2D eigenvalue weighted by Crippen LogP contribution is -2.37. The van der Waals surface area contributed by atoms with Crippen molar-refractivity contribution in [3.05, 3.63) is 35.4 Å². The zero-order chi connectivity index (χ0) is 12.8. The van der Waals surface area contributed by atoms with E-state index in [1.54, 1.807) is 4.90 Å². The van der Waals surface area contributed by atoms with E-state index in [1.807, 2.05) is 39.1 Å². The first-order chi connectivity index (χ1) is 8.04. The van der Waals surface area contributed by atoms with Gasteiger partial charge in [-0.05, 0) is 32.4 Å². The molecule has 0 aromatic heterocycles. The molecule has 2 N–H and O–H groups in total. The average Bonchev–Trinajstić information content (AvgIpc) is 2.28. The molecule has 0 aliphatic carbocycles. The molecule has 1 unspecified atom stereocenters. The Morgan fingerprint density at radius 2 is 2.18 bits per heavy atom. The minimum absolute atomic E-state index is 0.150. The molecule has 1 aromatic carbocycles. The minimum atomic E-state index is 0.150. The van der Waals surface area contributed by atoms with Crippen LogP contribution in [0.15, 0.2) is 24.3 Å². The standard InChI is InChI=1S/C14H22N2O/c1-11-5-4-6-13(9-11)10-14(17)16(3)12(2)7-8-15/h4-6,9,12H,7-8,10,15H2,1-3H3. The summed E-state index contributed by atoms with van der Waals surface area (Å²) in [6.07, 6.45) is 1.31. The molecule has 0 saturated carbocycles. The van der Waals surface area contributed by atoms with Gasteiger partial charge in [-0.15, -0.1) is 0 Å². The molecule has 0 bridgehead atoms. The number of nitrogens with zero attached hydrogens (tertiary/aromatic N) is 1. The number of rotatable bonds is 5. The summed E-state index contributed by atoms with van der Waals surface area (Å²) in [6, 6.07) is 8.28. The summed E-state index contributed by atoms with van der Waals surface area (Å²) in [5.74, 6) is 0.150. The van der Waals surface area contributed by atoms with Crippen molar-refractivity contribution >= 4 is 5.91 Å². The van der Waals surface area contributed by atoms with Crippen molar-refractivity contribution < 1.29 is 4.79 Å². The molecule has 0 saturated heterocycles. The van der Waals surface area contributed by atoms with Gasteiger partial charge < -0.3 is 10.6 Å². The predicted octanol–water partition coefficient (Wildman–Crippen LogP) is 1.73. The van der Waals surface area contributed by atoms with Crippen molar-refractivity contribution in [1.82, 2.24) is 4.90 Å². The molecule has 1 atom stereocenters. The Hall–Kier alpha value is -1.35. The molecule has 1 rings (SSSR count). The number of aryl methyl sites for hydroxylation is 1. The Bertz CT molecular complexity index is 376. The van der Waals surface area contributed by atoms with Crippen LogP contribution in [-0.4, -0.2) is 30.4 Å². The average molecular weight is 234 g/mol. The van der Waals surface area contributed by atoms with Crippen LogP contribution >= 0.6 is 0 Å². The summed E-state index contributed by atoms with van der Waals surface area (Å²) in [6.45, 7) is 4.68. The third-order valence-electron chi connectivity index (χ3n) is 3.08. The molecule has 1 amide bonds. The molecule has 0 spiro atoms. The van der Waals surface area contributed by atoms with E-state index in [0.717, 1.165) is 12.0 Å². The van der Waals surface area contributed by atoms with Crippen molar-refractivity contribution in [1.29, 1.82) is 0 Å². The van der Waals surface area contributed by atoms with Crippen molar-refractivity contribution in [3.8, 4) is 0 Å². The van der Waals surface area contributed by atoms with E-state index in [9.17, 15) is 4.79 Å². The van der Waals surface area contributed by atoms with E-state index in [4.69, 9.17) is 5.73 Å². The van der Waals surface area contributed by atoms with Crippen molar-refractivity contribution in [2.75, 3.05) is 13.6 Å². The smallest absolute Gasteiger partial charge is 0.226 e. The quantitative estimate of drug-likeness (QED) is 0.843. The molecular formula is C14H22N2O. The first-order valence-corrected chi connectivity index (χ1v) is 6.06. The summed E-state index contributed by atoms with van der Waals surface area (Å²) in [4.78, 5) is 13.8. The van der Waals surface area contributed by atoms with E-state index in [1.165, 1.54) is 5.56 Å². The molecule has 17 heavy (non-hydrogen) atoms. The van der Waals surface area contributed by atoms with Crippen molar-refractivity contribution in [3.63, 3.8) is 0 Å². The van der Waals surface area contributed by atoms with Crippen LogP contribution < -0.4 is 5.73 Å². The van der Waals surface area contributed by atoms with E-state index in [0.29, 0.717) is 13.0 Å². The van der Waals surface area contributed by atoms with Gasteiger partial charge in [0.25, 0.3) is 0 Å². The lowest BCUT2D eigenvalue weighted by atomic mass is 10.1. The Morgan fingerprint density at radius 3 is 2.76 bits per heavy atom. The van der Waals surface area contributed by atoms with Gasteiger partial charge in [0.2, 0.25) is 5.91 Å². The zero-order valence-electron chi connectivity index (χ0n) is 10.9. The fraction of sp³-hybridized carbons (Fsp3) is 0.500. The van der Waals surface area contributed by atoms with Gasteiger partial charge in [0, 0.05) is 13.1 Å². The second-order valence-electron chi connectivity index (χ2n) is 4.60. The minimum Gasteiger partial charge on any atom is -0.343 e. The Labute approximate surface area is 104 Å². The van der Waals surface area contributed by atoms with Crippen LogP contribution in [-0.2, 0) is 11.2 Å². The van der Waals surface area contributed by atoms with Crippen LogP contribution in [0.25, 0.3) is 0 Å². The normalized spacial score (nSPS) is 12.2. The number of benzene rings is 1. The maximum atomic E-state index is 12.0. The summed E-state index contributed by atoms with van der Waals surface area (Å²) in [5.41, 5.74) is 7.76. The number of nitrogens with two attached hydrogens (primary N) is 1. The maximum Gasteiger partial charge on any atom is 0.226 e. The molecule has 0 radical (unpaired) electrons. The highest BCUT2D eigenvalue weighted by molar-refractivity contribution is 5.78. The van der Waals surface area contributed by atoms with Gasteiger partial charge in [-0.3, -0.25) is 4.79 Å². The predicted molar refractivity (Wildman–Crippen MR) is 70.8 cm³/mol.